The second kappa shape index (κ2) is 5.40. The van der Waals surface area contributed by atoms with E-state index in [0.29, 0.717) is 0 Å². The minimum absolute atomic E-state index is 0.730. The van der Waals surface area contributed by atoms with Gasteiger partial charge in [-0.15, -0.1) is 0 Å². The van der Waals surface area contributed by atoms with Gasteiger partial charge in [0, 0.05) is 31.9 Å². The summed E-state index contributed by atoms with van der Waals surface area (Å²) < 4.78 is 0. The third-order valence-electron chi connectivity index (χ3n) is 3.82. The van der Waals surface area contributed by atoms with E-state index in [1.54, 1.807) is 0 Å². The van der Waals surface area contributed by atoms with Crippen LogP contribution in [0.25, 0.3) is 11.3 Å². The van der Waals surface area contributed by atoms with Crippen LogP contribution in [0.15, 0.2) is 36.4 Å². The molecule has 1 N–H and O–H groups in total. The van der Waals surface area contributed by atoms with E-state index in [4.69, 9.17) is 0 Å². The van der Waals surface area contributed by atoms with Gasteiger partial charge < -0.3 is 14.8 Å². The summed E-state index contributed by atoms with van der Waals surface area (Å²) in [6.07, 6.45) is 0. The Morgan fingerprint density at radius 3 is 2.45 bits per heavy atom. The molecule has 102 valence electrons. The molecular formula is C16H18N4. The number of nitrogens with zero attached hydrogens (tertiary/aromatic N) is 3. The maximum absolute atomic E-state index is 9.35. The van der Waals surface area contributed by atoms with Gasteiger partial charge in [-0.1, -0.05) is 30.3 Å². The Bertz CT molecular complexity index is 616. The number of nitrogens with one attached hydrogen (secondary N) is 1. The fourth-order valence-electron chi connectivity index (χ4n) is 2.58. The molecule has 20 heavy (non-hydrogen) atoms. The van der Waals surface area contributed by atoms with E-state index in [2.05, 4.69) is 40.0 Å². The predicted molar refractivity (Wildman–Crippen MR) is 80.7 cm³/mol. The summed E-state index contributed by atoms with van der Waals surface area (Å²) in [5.41, 5.74) is 2.86. The predicted octanol–water partition coefficient (Wildman–Crippen LogP) is 2.31. The zero-order valence-electron chi connectivity index (χ0n) is 11.6. The molecule has 0 aliphatic carbocycles. The normalized spacial score (nSPS) is 16.1. The number of hydrogen-bond acceptors (Lipinski definition) is 3. The van der Waals surface area contributed by atoms with Crippen LogP contribution in [0.3, 0.4) is 0 Å². The first-order valence-electron chi connectivity index (χ1n) is 6.90. The highest BCUT2D eigenvalue weighted by molar-refractivity contribution is 5.69. The van der Waals surface area contributed by atoms with Crippen LogP contribution >= 0.6 is 0 Å². The van der Waals surface area contributed by atoms with E-state index in [9.17, 15) is 5.26 Å². The maximum atomic E-state index is 9.35. The molecule has 0 bridgehead atoms. The Hall–Kier alpha value is -2.25. The van der Waals surface area contributed by atoms with Crippen molar-refractivity contribution in [2.24, 2.45) is 0 Å². The average molecular weight is 266 g/mol. The number of nitriles is 1. The zero-order valence-corrected chi connectivity index (χ0v) is 11.6. The Morgan fingerprint density at radius 2 is 1.80 bits per heavy atom. The molecule has 0 saturated carbocycles. The van der Waals surface area contributed by atoms with Crippen LogP contribution in [-0.4, -0.2) is 43.1 Å². The van der Waals surface area contributed by atoms with E-state index in [0.717, 1.165) is 48.8 Å². The molecule has 0 unspecified atom stereocenters. The molecule has 0 radical (unpaired) electrons. The molecule has 3 rings (SSSR count). The van der Waals surface area contributed by atoms with Crippen molar-refractivity contribution < 1.29 is 0 Å². The van der Waals surface area contributed by atoms with E-state index in [1.807, 2.05) is 24.3 Å². The van der Waals surface area contributed by atoms with Crippen LogP contribution in [0.4, 0.5) is 5.82 Å². The van der Waals surface area contributed by atoms with Gasteiger partial charge in [0.1, 0.15) is 11.9 Å². The molecule has 1 aromatic carbocycles. The van der Waals surface area contributed by atoms with Crippen LogP contribution in [0, 0.1) is 11.3 Å². The summed E-state index contributed by atoms with van der Waals surface area (Å²) in [4.78, 5) is 8.00. The van der Waals surface area contributed by atoms with Crippen molar-refractivity contribution in [2.45, 2.75) is 0 Å². The summed E-state index contributed by atoms with van der Waals surface area (Å²) in [5, 5.41) is 9.35. The van der Waals surface area contributed by atoms with E-state index < -0.39 is 0 Å². The van der Waals surface area contributed by atoms with Crippen molar-refractivity contribution >= 4 is 5.82 Å². The molecule has 2 heterocycles. The fourth-order valence-corrected chi connectivity index (χ4v) is 2.58. The fraction of sp³-hybridized carbons (Fsp3) is 0.312. The number of likely N-dealkylation sites (N-methyl/N-ethyl adjacent to an activating group) is 1. The van der Waals surface area contributed by atoms with Crippen LogP contribution in [0.5, 0.6) is 0 Å². The second-order valence-electron chi connectivity index (χ2n) is 5.21. The second-order valence-corrected chi connectivity index (χ2v) is 5.21. The lowest BCUT2D eigenvalue weighted by molar-refractivity contribution is 0.312. The number of anilines is 1. The summed E-state index contributed by atoms with van der Waals surface area (Å²) in [7, 11) is 2.13. The Labute approximate surface area is 119 Å². The van der Waals surface area contributed by atoms with Crippen LogP contribution in [-0.2, 0) is 0 Å². The van der Waals surface area contributed by atoms with Crippen LogP contribution in [0.2, 0.25) is 0 Å². The number of rotatable bonds is 2. The molecule has 0 amide bonds. The smallest absolute Gasteiger partial charge is 0.124 e. The van der Waals surface area contributed by atoms with Gasteiger partial charge >= 0.3 is 0 Å². The molecule has 1 aliphatic heterocycles. The quantitative estimate of drug-likeness (QED) is 0.907. The van der Waals surface area contributed by atoms with Gasteiger partial charge in [0.15, 0.2) is 0 Å². The molecule has 1 aliphatic rings. The molecule has 4 heteroatoms. The standard InChI is InChI=1S/C16H18N4/c1-19-7-9-20(10-8-19)16-14(12-17)11-15(18-16)13-5-3-2-4-6-13/h2-6,11,18H,7-10H2,1H3. The molecule has 0 atom stereocenters. The Kier molecular flexibility index (Phi) is 3.44. The van der Waals surface area contributed by atoms with Crippen molar-refractivity contribution in [2.75, 3.05) is 38.1 Å². The lowest BCUT2D eigenvalue weighted by Gasteiger charge is -2.33. The minimum Gasteiger partial charge on any atom is -0.355 e. The molecule has 1 fully saturated rings. The van der Waals surface area contributed by atoms with Gasteiger partial charge in [0.05, 0.1) is 5.56 Å². The third-order valence-corrected chi connectivity index (χ3v) is 3.82. The average Bonchev–Trinajstić information content (AvgIpc) is 2.93. The molecular weight excluding hydrogens is 248 g/mol. The van der Waals surface area contributed by atoms with Gasteiger partial charge in [0.25, 0.3) is 0 Å². The zero-order chi connectivity index (χ0) is 13.9. The number of hydrogen-bond donors (Lipinski definition) is 1. The topological polar surface area (TPSA) is 46.1 Å². The highest BCUT2D eigenvalue weighted by Crippen LogP contribution is 2.27. The Balaban J connectivity index is 1.92. The summed E-state index contributed by atoms with van der Waals surface area (Å²) in [6, 6.07) is 14.4. The third kappa shape index (κ3) is 2.40. The molecule has 2 aromatic rings. The van der Waals surface area contributed by atoms with Crippen molar-refractivity contribution in [3.05, 3.63) is 42.0 Å². The number of H-pyrrole nitrogens is 1. The summed E-state index contributed by atoms with van der Waals surface area (Å²) in [6.45, 7) is 3.98. The van der Waals surface area contributed by atoms with Crippen LogP contribution < -0.4 is 4.90 Å². The number of benzene rings is 1. The monoisotopic (exact) mass is 266 g/mol. The molecule has 4 nitrogen and oxygen atoms in total. The highest BCUT2D eigenvalue weighted by Gasteiger charge is 2.19. The number of aromatic nitrogens is 1. The van der Waals surface area contributed by atoms with E-state index >= 15 is 0 Å². The largest absolute Gasteiger partial charge is 0.355 e. The molecule has 1 saturated heterocycles. The van der Waals surface area contributed by atoms with Gasteiger partial charge in [-0.2, -0.15) is 5.26 Å². The van der Waals surface area contributed by atoms with Gasteiger partial charge in [-0.25, -0.2) is 0 Å². The van der Waals surface area contributed by atoms with Crippen molar-refractivity contribution in [1.29, 1.82) is 5.26 Å². The highest BCUT2D eigenvalue weighted by atomic mass is 15.3. The summed E-state index contributed by atoms with van der Waals surface area (Å²) in [5.74, 6) is 0.958. The van der Waals surface area contributed by atoms with Gasteiger partial charge in [-0.3, -0.25) is 0 Å². The van der Waals surface area contributed by atoms with Crippen LogP contribution in [0.1, 0.15) is 5.56 Å². The van der Waals surface area contributed by atoms with Crippen molar-refractivity contribution in [1.82, 2.24) is 9.88 Å². The number of aromatic amines is 1. The van der Waals surface area contributed by atoms with E-state index in [-0.39, 0.29) is 0 Å². The van der Waals surface area contributed by atoms with Gasteiger partial charge in [0.2, 0.25) is 0 Å². The first kappa shape index (κ1) is 12.8. The van der Waals surface area contributed by atoms with Crippen molar-refractivity contribution in [3.63, 3.8) is 0 Å². The Morgan fingerprint density at radius 1 is 1.10 bits per heavy atom. The van der Waals surface area contributed by atoms with Gasteiger partial charge in [-0.05, 0) is 18.7 Å². The SMILES string of the molecule is CN1CCN(c2[nH]c(-c3ccccc3)cc2C#N)CC1. The number of piperazine rings is 1. The molecule has 1 aromatic heterocycles. The maximum Gasteiger partial charge on any atom is 0.124 e. The molecule has 0 spiro atoms. The lowest BCUT2D eigenvalue weighted by atomic mass is 10.1. The summed E-state index contributed by atoms with van der Waals surface area (Å²) >= 11 is 0. The first-order valence-corrected chi connectivity index (χ1v) is 6.90. The minimum atomic E-state index is 0.730. The lowest BCUT2D eigenvalue weighted by Crippen LogP contribution is -2.44. The van der Waals surface area contributed by atoms with Crippen molar-refractivity contribution in [3.8, 4) is 17.3 Å². The van der Waals surface area contributed by atoms with E-state index in [1.165, 1.54) is 0 Å². The first-order chi connectivity index (χ1) is 9.78.